The zero-order chi connectivity index (χ0) is 23.4. The first-order chi connectivity index (χ1) is 15.9. The molecular weight excluding hydrogens is 438 g/mol. The molecule has 0 bridgehead atoms. The minimum absolute atomic E-state index is 0.0386. The summed E-state index contributed by atoms with van der Waals surface area (Å²) in [6.07, 6.45) is 4.17. The van der Waals surface area contributed by atoms with Gasteiger partial charge in [0.2, 0.25) is 11.8 Å². The normalized spacial score (nSPS) is 14.3. The van der Waals surface area contributed by atoms with E-state index >= 15 is 0 Å². The third-order valence-corrected chi connectivity index (χ3v) is 5.37. The maximum Gasteiger partial charge on any atom is 0.407 e. The van der Waals surface area contributed by atoms with Gasteiger partial charge in [-0.3, -0.25) is 4.68 Å². The second-order valence-corrected chi connectivity index (χ2v) is 7.58. The third kappa shape index (κ3) is 5.33. The minimum atomic E-state index is -0.957. The molecule has 3 heterocycles. The highest BCUT2D eigenvalue weighted by Gasteiger charge is 2.25. The van der Waals surface area contributed by atoms with Gasteiger partial charge in [-0.05, 0) is 25.0 Å². The number of ether oxygens (including phenoxy) is 2. The van der Waals surface area contributed by atoms with Gasteiger partial charge in [0.15, 0.2) is 11.6 Å². The number of aromatic nitrogens is 5. The van der Waals surface area contributed by atoms with Crippen molar-refractivity contribution >= 4 is 6.09 Å². The zero-order valence-electron chi connectivity index (χ0n) is 17.8. The van der Waals surface area contributed by atoms with Gasteiger partial charge in [-0.2, -0.15) is 5.10 Å². The third-order valence-electron chi connectivity index (χ3n) is 5.37. The van der Waals surface area contributed by atoms with E-state index in [1.807, 2.05) is 0 Å². The number of halogens is 2. The number of piperidine rings is 1. The van der Waals surface area contributed by atoms with Gasteiger partial charge in [-0.25, -0.2) is 28.5 Å². The predicted molar refractivity (Wildman–Crippen MR) is 110 cm³/mol. The smallest absolute Gasteiger partial charge is 0.407 e. The Kier molecular flexibility index (Phi) is 6.61. The number of carbonyl (C=O) groups is 1. The lowest BCUT2D eigenvalue weighted by molar-refractivity contribution is 0.0864. The van der Waals surface area contributed by atoms with Crippen molar-refractivity contribution in [3.8, 4) is 17.5 Å². The van der Waals surface area contributed by atoms with Gasteiger partial charge in [-0.1, -0.05) is 0 Å². The molecule has 4 rings (SSSR count). The van der Waals surface area contributed by atoms with Crippen LogP contribution >= 0.6 is 0 Å². The van der Waals surface area contributed by atoms with Crippen LogP contribution in [0.2, 0.25) is 0 Å². The number of hydrogen-bond acceptors (Lipinski definition) is 7. The molecule has 12 heteroatoms. The van der Waals surface area contributed by atoms with Crippen molar-refractivity contribution in [3.05, 3.63) is 53.9 Å². The summed E-state index contributed by atoms with van der Waals surface area (Å²) in [6.45, 7) is 2.73. The Labute approximate surface area is 187 Å². The summed E-state index contributed by atoms with van der Waals surface area (Å²) in [5, 5.41) is 13.0. The first-order valence-electron chi connectivity index (χ1n) is 10.3. The maximum atomic E-state index is 14.6. The van der Waals surface area contributed by atoms with E-state index in [1.165, 1.54) is 28.6 Å². The van der Waals surface area contributed by atoms with E-state index < -0.39 is 17.7 Å². The topological polar surface area (TPSA) is 115 Å². The molecule has 2 aromatic heterocycles. The molecule has 0 spiro atoms. The Morgan fingerprint density at radius 2 is 1.91 bits per heavy atom. The molecule has 174 valence electrons. The van der Waals surface area contributed by atoms with E-state index in [9.17, 15) is 13.6 Å². The number of carboxylic acid groups (broad SMARTS) is 1. The van der Waals surface area contributed by atoms with Crippen molar-refractivity contribution in [2.24, 2.45) is 0 Å². The Morgan fingerprint density at radius 1 is 1.15 bits per heavy atom. The second-order valence-electron chi connectivity index (χ2n) is 7.58. The van der Waals surface area contributed by atoms with E-state index in [1.54, 1.807) is 6.92 Å². The van der Waals surface area contributed by atoms with Crippen LogP contribution in [0.3, 0.4) is 0 Å². The number of amides is 1. The van der Waals surface area contributed by atoms with Crippen molar-refractivity contribution < 1.29 is 28.2 Å². The van der Waals surface area contributed by atoms with Crippen LogP contribution in [0.15, 0.2) is 31.1 Å². The molecule has 3 aromatic rings. The minimum Gasteiger partial charge on any atom is -0.474 e. The van der Waals surface area contributed by atoms with Gasteiger partial charge in [0, 0.05) is 38.5 Å². The molecule has 0 saturated carbocycles. The quantitative estimate of drug-likeness (QED) is 0.572. The van der Waals surface area contributed by atoms with Crippen LogP contribution in [0.5, 0.6) is 17.5 Å². The Bertz CT molecular complexity index is 1120. The lowest BCUT2D eigenvalue weighted by atomic mass is 10.1. The number of aryl methyl sites for hydroxylation is 2. The van der Waals surface area contributed by atoms with Crippen LogP contribution < -0.4 is 9.47 Å². The fraction of sp³-hybridized carbons (Fsp3) is 0.381. The molecule has 1 saturated heterocycles. The standard InChI is InChI=1S/C21H22F2N6O4/c1-13-19(32-15-3-5-28(6-4-15)21(30)31)25-11-26-20(13)33-18-9-16(22)14(8-17(18)23)2-7-29-12-24-10-27-29/h8-12,15H,2-7H2,1H3,(H,30,31). The SMILES string of the molecule is Cc1c(Oc2cc(F)c(CCn3cncn3)cc2F)ncnc1OC1CCN(C(=O)O)CC1. The van der Waals surface area contributed by atoms with Gasteiger partial charge in [-0.15, -0.1) is 0 Å². The lowest BCUT2D eigenvalue weighted by Crippen LogP contribution is -2.41. The van der Waals surface area contributed by atoms with Gasteiger partial charge < -0.3 is 19.5 Å². The van der Waals surface area contributed by atoms with Crippen molar-refractivity contribution in [1.29, 1.82) is 0 Å². The van der Waals surface area contributed by atoms with E-state index in [0.717, 1.165) is 12.1 Å². The average Bonchev–Trinajstić information content (AvgIpc) is 3.32. The van der Waals surface area contributed by atoms with Gasteiger partial charge in [0.1, 0.15) is 30.9 Å². The molecule has 1 aromatic carbocycles. The number of rotatable bonds is 7. The summed E-state index contributed by atoms with van der Waals surface area (Å²) >= 11 is 0. The van der Waals surface area contributed by atoms with Crippen molar-refractivity contribution in [2.45, 2.75) is 38.8 Å². The Morgan fingerprint density at radius 3 is 2.61 bits per heavy atom. The molecule has 33 heavy (non-hydrogen) atoms. The fourth-order valence-electron chi connectivity index (χ4n) is 3.49. The van der Waals surface area contributed by atoms with Gasteiger partial charge in [0.05, 0.1) is 5.56 Å². The van der Waals surface area contributed by atoms with Crippen LogP contribution in [0.25, 0.3) is 0 Å². The van der Waals surface area contributed by atoms with E-state index in [0.29, 0.717) is 38.0 Å². The molecule has 0 radical (unpaired) electrons. The Hall–Kier alpha value is -3.83. The molecule has 1 N–H and O–H groups in total. The molecular formula is C21H22F2N6O4. The summed E-state index contributed by atoms with van der Waals surface area (Å²) in [5.74, 6) is -1.36. The molecule has 1 aliphatic rings. The number of hydrogen-bond donors (Lipinski definition) is 1. The lowest BCUT2D eigenvalue weighted by Gasteiger charge is -2.30. The number of benzene rings is 1. The summed E-state index contributed by atoms with van der Waals surface area (Å²) < 4.78 is 42.2. The molecule has 10 nitrogen and oxygen atoms in total. The fourth-order valence-corrected chi connectivity index (χ4v) is 3.49. The van der Waals surface area contributed by atoms with Crippen molar-refractivity contribution in [3.63, 3.8) is 0 Å². The molecule has 0 unspecified atom stereocenters. The van der Waals surface area contributed by atoms with E-state index in [2.05, 4.69) is 20.1 Å². The monoisotopic (exact) mass is 460 g/mol. The summed E-state index contributed by atoms with van der Waals surface area (Å²) in [5.41, 5.74) is 0.611. The van der Waals surface area contributed by atoms with Crippen LogP contribution in [-0.2, 0) is 13.0 Å². The first kappa shape index (κ1) is 22.4. The van der Waals surface area contributed by atoms with Crippen LogP contribution in [0.1, 0.15) is 24.0 Å². The highest BCUT2D eigenvalue weighted by Crippen LogP contribution is 2.31. The predicted octanol–water partition coefficient (Wildman–Crippen LogP) is 3.21. The Balaban J connectivity index is 1.43. The molecule has 0 aliphatic carbocycles. The van der Waals surface area contributed by atoms with Gasteiger partial charge in [0.25, 0.3) is 0 Å². The largest absolute Gasteiger partial charge is 0.474 e. The maximum absolute atomic E-state index is 14.6. The highest BCUT2D eigenvalue weighted by atomic mass is 19.1. The molecule has 1 amide bonds. The summed E-state index contributed by atoms with van der Waals surface area (Å²) in [4.78, 5) is 24.3. The van der Waals surface area contributed by atoms with Crippen molar-refractivity contribution in [1.82, 2.24) is 29.6 Å². The van der Waals surface area contributed by atoms with Crippen LogP contribution in [0.4, 0.5) is 13.6 Å². The first-order valence-corrected chi connectivity index (χ1v) is 10.3. The van der Waals surface area contributed by atoms with Crippen LogP contribution in [0, 0.1) is 18.6 Å². The molecule has 0 atom stereocenters. The van der Waals surface area contributed by atoms with Gasteiger partial charge >= 0.3 is 6.09 Å². The van der Waals surface area contributed by atoms with Crippen LogP contribution in [-0.4, -0.2) is 60.0 Å². The van der Waals surface area contributed by atoms with E-state index in [-0.39, 0.29) is 35.6 Å². The average molecular weight is 460 g/mol. The van der Waals surface area contributed by atoms with E-state index in [4.69, 9.17) is 14.6 Å². The summed E-state index contributed by atoms with van der Waals surface area (Å²) in [6, 6.07) is 2.07. The second kappa shape index (κ2) is 9.76. The number of likely N-dealkylation sites (tertiary alicyclic amines) is 1. The molecule has 1 aliphatic heterocycles. The highest BCUT2D eigenvalue weighted by molar-refractivity contribution is 5.65. The number of nitrogens with zero attached hydrogens (tertiary/aromatic N) is 6. The van der Waals surface area contributed by atoms with Crippen molar-refractivity contribution in [2.75, 3.05) is 13.1 Å². The zero-order valence-corrected chi connectivity index (χ0v) is 17.8. The summed E-state index contributed by atoms with van der Waals surface area (Å²) in [7, 11) is 0. The molecule has 1 fully saturated rings.